The number of sulfonamides is 1. The van der Waals surface area contributed by atoms with Crippen molar-refractivity contribution >= 4 is 27.3 Å². The van der Waals surface area contributed by atoms with Crippen molar-refractivity contribution < 1.29 is 27.5 Å². The van der Waals surface area contributed by atoms with Gasteiger partial charge in [0.2, 0.25) is 10.0 Å². The van der Waals surface area contributed by atoms with Crippen LogP contribution >= 0.6 is 11.3 Å². The third-order valence-corrected chi connectivity index (χ3v) is 5.40. The Hall–Kier alpha value is -1.68. The molecule has 0 aliphatic heterocycles. The van der Waals surface area contributed by atoms with Crippen molar-refractivity contribution in [1.82, 2.24) is 4.72 Å². The number of methoxy groups -OCH3 is 1. The van der Waals surface area contributed by atoms with Crippen molar-refractivity contribution in [1.29, 1.82) is 0 Å². The number of aliphatic hydroxyl groups is 1. The first-order valence-electron chi connectivity index (χ1n) is 6.32. The van der Waals surface area contributed by atoms with E-state index in [4.69, 9.17) is 4.42 Å². The number of nitrogens with one attached hydrogen (secondary N) is 1. The zero-order valence-electron chi connectivity index (χ0n) is 11.7. The highest BCUT2D eigenvalue weighted by atomic mass is 32.2. The van der Waals surface area contributed by atoms with Crippen molar-refractivity contribution in [2.24, 2.45) is 0 Å². The van der Waals surface area contributed by atoms with Crippen molar-refractivity contribution in [3.63, 3.8) is 0 Å². The van der Waals surface area contributed by atoms with E-state index in [1.807, 2.05) is 0 Å². The van der Waals surface area contributed by atoms with E-state index in [0.717, 1.165) is 11.3 Å². The zero-order chi connectivity index (χ0) is 16.2. The largest absolute Gasteiger partial charge is 0.467 e. The maximum atomic E-state index is 12.2. The summed E-state index contributed by atoms with van der Waals surface area (Å²) in [7, 11) is -2.66. The monoisotopic (exact) mass is 345 g/mol. The van der Waals surface area contributed by atoms with E-state index in [2.05, 4.69) is 9.46 Å². The Kier molecular flexibility index (Phi) is 5.35. The summed E-state index contributed by atoms with van der Waals surface area (Å²) >= 11 is 0.989. The fourth-order valence-corrected chi connectivity index (χ4v) is 4.16. The fourth-order valence-electron chi connectivity index (χ4n) is 1.78. The minimum Gasteiger partial charge on any atom is -0.467 e. The van der Waals surface area contributed by atoms with Gasteiger partial charge >= 0.3 is 5.97 Å². The standard InChI is InChI=1S/C13H15NO6S2/c1-19-13(16)12-11(5-8-21-12)22(17,18)14-6-4-9(15)10-3-2-7-20-10/h2-3,5,7-9,14-15H,4,6H2,1H3. The summed E-state index contributed by atoms with van der Waals surface area (Å²) in [5, 5.41) is 11.3. The molecule has 0 fully saturated rings. The maximum Gasteiger partial charge on any atom is 0.349 e. The number of hydrogen-bond acceptors (Lipinski definition) is 7. The Bertz CT molecular complexity index is 720. The van der Waals surface area contributed by atoms with Gasteiger partial charge in [0.1, 0.15) is 21.6 Å². The highest BCUT2D eigenvalue weighted by Gasteiger charge is 2.24. The van der Waals surface area contributed by atoms with Crippen molar-refractivity contribution in [2.45, 2.75) is 17.4 Å². The van der Waals surface area contributed by atoms with Crippen LogP contribution < -0.4 is 4.72 Å². The molecule has 22 heavy (non-hydrogen) atoms. The van der Waals surface area contributed by atoms with Gasteiger partial charge in [-0.15, -0.1) is 11.3 Å². The molecule has 2 N–H and O–H groups in total. The van der Waals surface area contributed by atoms with Gasteiger partial charge in [-0.25, -0.2) is 17.9 Å². The summed E-state index contributed by atoms with van der Waals surface area (Å²) in [6, 6.07) is 4.58. The van der Waals surface area contributed by atoms with Gasteiger partial charge in [0.05, 0.1) is 13.4 Å². The maximum absolute atomic E-state index is 12.2. The second kappa shape index (κ2) is 7.05. The van der Waals surface area contributed by atoms with E-state index in [1.54, 1.807) is 12.1 Å². The van der Waals surface area contributed by atoms with Gasteiger partial charge in [-0.05, 0) is 30.0 Å². The molecule has 0 aliphatic carbocycles. The second-order valence-corrected chi connectivity index (χ2v) is 6.97. The summed E-state index contributed by atoms with van der Waals surface area (Å²) in [6.07, 6.45) is 0.668. The average Bonchev–Trinajstić information content (AvgIpc) is 3.17. The number of thiophene rings is 1. The molecule has 0 saturated carbocycles. The molecule has 9 heteroatoms. The second-order valence-electron chi connectivity index (χ2n) is 4.32. The Labute approximate surface area is 131 Å². The molecule has 2 aromatic heterocycles. The van der Waals surface area contributed by atoms with Crippen molar-refractivity contribution in [3.8, 4) is 0 Å². The number of ether oxygens (including phenoxy) is 1. The van der Waals surface area contributed by atoms with E-state index >= 15 is 0 Å². The van der Waals surface area contributed by atoms with Gasteiger partial charge in [-0.1, -0.05) is 0 Å². The van der Waals surface area contributed by atoms with Crippen LogP contribution in [0.25, 0.3) is 0 Å². The van der Waals surface area contributed by atoms with Crippen molar-refractivity contribution in [3.05, 3.63) is 40.5 Å². The third-order valence-electron chi connectivity index (χ3n) is 2.87. The Morgan fingerprint density at radius 2 is 2.27 bits per heavy atom. The number of furan rings is 1. The van der Waals surface area contributed by atoms with Crippen LogP contribution in [-0.2, 0) is 14.8 Å². The summed E-state index contributed by atoms with van der Waals surface area (Å²) in [6.45, 7) is 0.000654. The normalized spacial score (nSPS) is 13.0. The molecule has 2 aromatic rings. The predicted molar refractivity (Wildman–Crippen MR) is 79.1 cm³/mol. The molecule has 1 unspecified atom stereocenters. The molecule has 120 valence electrons. The quantitative estimate of drug-likeness (QED) is 0.737. The van der Waals surface area contributed by atoms with Crippen molar-refractivity contribution in [2.75, 3.05) is 13.7 Å². The minimum absolute atomic E-state index is 0.000654. The summed E-state index contributed by atoms with van der Waals surface area (Å²) in [5.74, 6) is -0.337. The number of esters is 1. The highest BCUT2D eigenvalue weighted by molar-refractivity contribution is 7.89. The van der Waals surface area contributed by atoms with E-state index < -0.39 is 22.1 Å². The molecule has 0 radical (unpaired) electrons. The van der Waals surface area contributed by atoms with E-state index in [0.29, 0.717) is 5.76 Å². The van der Waals surface area contributed by atoms with Gasteiger partial charge in [0, 0.05) is 6.54 Å². The van der Waals surface area contributed by atoms with Gasteiger partial charge in [0.15, 0.2) is 0 Å². The lowest BCUT2D eigenvalue weighted by molar-refractivity contribution is 0.0602. The molecule has 0 aromatic carbocycles. The summed E-state index contributed by atoms with van der Waals surface area (Å²) in [4.78, 5) is 11.4. The number of hydrogen-bond donors (Lipinski definition) is 2. The van der Waals surface area contributed by atoms with E-state index in [1.165, 1.54) is 24.8 Å². The van der Waals surface area contributed by atoms with Gasteiger partial charge in [0.25, 0.3) is 0 Å². The lowest BCUT2D eigenvalue weighted by Crippen LogP contribution is -2.26. The van der Waals surface area contributed by atoms with E-state index in [9.17, 15) is 18.3 Å². The zero-order valence-corrected chi connectivity index (χ0v) is 13.3. The highest BCUT2D eigenvalue weighted by Crippen LogP contribution is 2.23. The number of carbonyl (C=O) groups excluding carboxylic acids is 1. The number of aliphatic hydroxyl groups excluding tert-OH is 1. The smallest absolute Gasteiger partial charge is 0.349 e. The first-order chi connectivity index (χ1) is 10.5. The van der Waals surface area contributed by atoms with Gasteiger partial charge in [-0.3, -0.25) is 0 Å². The van der Waals surface area contributed by atoms with Crippen LogP contribution in [0.4, 0.5) is 0 Å². The first kappa shape index (κ1) is 16.7. The molecule has 0 bridgehead atoms. The average molecular weight is 345 g/mol. The van der Waals surface area contributed by atoms with Crippen LogP contribution in [-0.4, -0.2) is 33.1 Å². The minimum atomic E-state index is -3.85. The molecule has 2 rings (SSSR count). The molecule has 0 spiro atoms. The Morgan fingerprint density at radius 1 is 1.50 bits per heavy atom. The number of rotatable bonds is 7. The molecular weight excluding hydrogens is 330 g/mol. The summed E-state index contributed by atoms with van der Waals surface area (Å²) in [5.41, 5.74) is 0. The van der Waals surface area contributed by atoms with Gasteiger partial charge in [-0.2, -0.15) is 0 Å². The fraction of sp³-hybridized carbons (Fsp3) is 0.308. The number of carbonyl (C=O) groups is 1. The topological polar surface area (TPSA) is 106 Å². The molecule has 1 atom stereocenters. The SMILES string of the molecule is COC(=O)c1sccc1S(=O)(=O)NCCC(O)c1ccco1. The van der Waals surface area contributed by atoms with Gasteiger partial charge < -0.3 is 14.3 Å². The Morgan fingerprint density at radius 3 is 2.91 bits per heavy atom. The summed E-state index contributed by atoms with van der Waals surface area (Å²) < 4.78 is 36.3. The van der Waals surface area contributed by atoms with Crippen LogP contribution in [0, 0.1) is 0 Å². The van der Waals surface area contributed by atoms with Crippen LogP contribution in [0.15, 0.2) is 39.2 Å². The van der Waals surface area contributed by atoms with Crippen LogP contribution in [0.3, 0.4) is 0 Å². The molecule has 7 nitrogen and oxygen atoms in total. The Balaban J connectivity index is 2.00. The van der Waals surface area contributed by atoms with Crippen LogP contribution in [0.1, 0.15) is 28.0 Å². The molecular formula is C13H15NO6S2. The molecule has 0 aliphatic rings. The lowest BCUT2D eigenvalue weighted by atomic mass is 10.2. The third kappa shape index (κ3) is 3.74. The van der Waals surface area contributed by atoms with E-state index in [-0.39, 0.29) is 22.7 Å². The van der Waals surface area contributed by atoms with Crippen LogP contribution in [0.2, 0.25) is 0 Å². The predicted octanol–water partition coefficient (Wildman–Crippen LogP) is 1.53. The molecule has 2 heterocycles. The molecule has 0 saturated heterocycles. The van der Waals surface area contributed by atoms with Crippen LogP contribution in [0.5, 0.6) is 0 Å². The molecule has 0 amide bonds. The first-order valence-corrected chi connectivity index (χ1v) is 8.69. The lowest BCUT2D eigenvalue weighted by Gasteiger charge is -2.09.